The SMILES string of the molecule is CN(C(=O)c1cc(Cl)ncc1Cl)c1ccccc1C#N. The molecule has 0 atom stereocenters. The number of para-hydroxylation sites is 1. The lowest BCUT2D eigenvalue weighted by Crippen LogP contribution is -2.27. The second-order valence-electron chi connectivity index (χ2n) is 3.98. The second kappa shape index (κ2) is 5.91. The van der Waals surface area contributed by atoms with Gasteiger partial charge >= 0.3 is 0 Å². The van der Waals surface area contributed by atoms with E-state index < -0.39 is 0 Å². The van der Waals surface area contributed by atoms with E-state index in [0.717, 1.165) is 0 Å². The summed E-state index contributed by atoms with van der Waals surface area (Å²) < 4.78 is 0. The highest BCUT2D eigenvalue weighted by atomic mass is 35.5. The number of carbonyl (C=O) groups excluding carboxylic acids is 1. The highest BCUT2D eigenvalue weighted by Crippen LogP contribution is 2.24. The predicted molar refractivity (Wildman–Crippen MR) is 78.1 cm³/mol. The first kappa shape index (κ1) is 14.3. The van der Waals surface area contributed by atoms with Crippen molar-refractivity contribution in [3.8, 4) is 6.07 Å². The third-order valence-corrected chi connectivity index (χ3v) is 3.25. The molecule has 1 heterocycles. The molecule has 0 aliphatic rings. The van der Waals surface area contributed by atoms with Crippen LogP contribution in [0, 0.1) is 11.3 Å². The largest absolute Gasteiger partial charge is 0.310 e. The van der Waals surface area contributed by atoms with Crippen LogP contribution in [0.15, 0.2) is 36.5 Å². The van der Waals surface area contributed by atoms with Crippen molar-refractivity contribution >= 4 is 34.8 Å². The second-order valence-corrected chi connectivity index (χ2v) is 4.77. The number of nitrogens with zero attached hydrogens (tertiary/aromatic N) is 3. The van der Waals surface area contributed by atoms with Gasteiger partial charge < -0.3 is 4.90 Å². The van der Waals surface area contributed by atoms with Gasteiger partial charge in [-0.15, -0.1) is 0 Å². The number of hydrogen-bond donors (Lipinski definition) is 0. The Balaban J connectivity index is 2.43. The molecule has 2 aromatic rings. The Morgan fingerprint density at radius 1 is 1.35 bits per heavy atom. The molecule has 0 radical (unpaired) electrons. The Morgan fingerprint density at radius 2 is 2.05 bits per heavy atom. The van der Waals surface area contributed by atoms with Crippen molar-refractivity contribution in [1.82, 2.24) is 4.98 Å². The van der Waals surface area contributed by atoms with Crippen molar-refractivity contribution in [2.45, 2.75) is 0 Å². The van der Waals surface area contributed by atoms with E-state index in [1.807, 2.05) is 6.07 Å². The van der Waals surface area contributed by atoms with E-state index in [1.54, 1.807) is 31.3 Å². The van der Waals surface area contributed by atoms with Gasteiger partial charge in [-0.25, -0.2) is 4.98 Å². The van der Waals surface area contributed by atoms with Gasteiger partial charge in [-0.2, -0.15) is 5.26 Å². The van der Waals surface area contributed by atoms with Crippen LogP contribution in [0.4, 0.5) is 5.69 Å². The molecular weight excluding hydrogens is 297 g/mol. The number of halogens is 2. The minimum absolute atomic E-state index is 0.180. The van der Waals surface area contributed by atoms with Crippen LogP contribution in [-0.2, 0) is 0 Å². The molecule has 1 amide bonds. The molecule has 0 bridgehead atoms. The summed E-state index contributed by atoms with van der Waals surface area (Å²) in [6.45, 7) is 0. The predicted octanol–water partition coefficient (Wildman–Crippen LogP) is 3.54. The van der Waals surface area contributed by atoms with E-state index in [9.17, 15) is 4.79 Å². The topological polar surface area (TPSA) is 57.0 Å². The summed E-state index contributed by atoms with van der Waals surface area (Å²) in [7, 11) is 1.57. The number of nitriles is 1. The number of benzene rings is 1. The number of anilines is 1. The summed E-state index contributed by atoms with van der Waals surface area (Å²) in [6, 6.07) is 10.3. The van der Waals surface area contributed by atoms with E-state index in [1.165, 1.54) is 17.2 Å². The first-order chi connectivity index (χ1) is 9.54. The van der Waals surface area contributed by atoms with Crippen molar-refractivity contribution < 1.29 is 4.79 Å². The molecule has 0 fully saturated rings. The van der Waals surface area contributed by atoms with Crippen LogP contribution >= 0.6 is 23.2 Å². The fourth-order valence-electron chi connectivity index (χ4n) is 1.73. The van der Waals surface area contributed by atoms with Crippen LogP contribution in [0.25, 0.3) is 0 Å². The lowest BCUT2D eigenvalue weighted by atomic mass is 10.1. The minimum atomic E-state index is -0.359. The summed E-state index contributed by atoms with van der Waals surface area (Å²) in [5, 5.41) is 9.46. The standard InChI is InChI=1S/C14H9Cl2N3O/c1-19(12-5-3-2-4-9(12)7-17)14(20)10-6-13(16)18-8-11(10)15/h2-6,8H,1H3. The quantitative estimate of drug-likeness (QED) is 0.797. The van der Waals surface area contributed by atoms with Crippen molar-refractivity contribution in [3.63, 3.8) is 0 Å². The van der Waals surface area contributed by atoms with Gasteiger partial charge in [-0.1, -0.05) is 35.3 Å². The zero-order valence-electron chi connectivity index (χ0n) is 10.5. The number of amides is 1. The number of carbonyl (C=O) groups is 1. The van der Waals surface area contributed by atoms with E-state index in [2.05, 4.69) is 4.98 Å². The molecule has 0 saturated carbocycles. The molecule has 0 aliphatic heterocycles. The summed E-state index contributed by atoms with van der Waals surface area (Å²) in [5.74, 6) is -0.359. The number of rotatable bonds is 2. The lowest BCUT2D eigenvalue weighted by Gasteiger charge is -2.19. The summed E-state index contributed by atoms with van der Waals surface area (Å²) in [4.78, 5) is 17.6. The van der Waals surface area contributed by atoms with Crippen molar-refractivity contribution in [1.29, 1.82) is 5.26 Å². The lowest BCUT2D eigenvalue weighted by molar-refractivity contribution is 0.0993. The van der Waals surface area contributed by atoms with Crippen LogP contribution in [0.3, 0.4) is 0 Å². The fourth-order valence-corrected chi connectivity index (χ4v) is 2.07. The molecule has 1 aromatic heterocycles. The summed E-state index contributed by atoms with van der Waals surface area (Å²) >= 11 is 11.7. The van der Waals surface area contributed by atoms with Crippen LogP contribution < -0.4 is 4.90 Å². The normalized spacial score (nSPS) is 9.90. The molecule has 0 spiro atoms. The van der Waals surface area contributed by atoms with E-state index in [4.69, 9.17) is 28.5 Å². The molecule has 100 valence electrons. The molecule has 2 rings (SSSR count). The Kier molecular flexibility index (Phi) is 4.23. The zero-order chi connectivity index (χ0) is 14.7. The van der Waals surface area contributed by atoms with Gasteiger partial charge in [-0.05, 0) is 18.2 Å². The van der Waals surface area contributed by atoms with Crippen LogP contribution in [0.2, 0.25) is 10.2 Å². The van der Waals surface area contributed by atoms with Gasteiger partial charge in [0.05, 0.1) is 21.8 Å². The third kappa shape index (κ3) is 2.74. The molecule has 4 nitrogen and oxygen atoms in total. The highest BCUT2D eigenvalue weighted by Gasteiger charge is 2.19. The molecular formula is C14H9Cl2N3O. The maximum atomic E-state index is 12.4. The molecule has 0 aliphatic carbocycles. The summed E-state index contributed by atoms with van der Waals surface area (Å²) in [6.07, 6.45) is 1.32. The van der Waals surface area contributed by atoms with Crippen molar-refractivity contribution in [2.24, 2.45) is 0 Å². The number of aromatic nitrogens is 1. The zero-order valence-corrected chi connectivity index (χ0v) is 12.0. The average molecular weight is 306 g/mol. The Hall–Kier alpha value is -2.09. The first-order valence-electron chi connectivity index (χ1n) is 5.63. The van der Waals surface area contributed by atoms with Gasteiger partial charge in [0, 0.05) is 13.2 Å². The number of pyridine rings is 1. The maximum Gasteiger partial charge on any atom is 0.259 e. The smallest absolute Gasteiger partial charge is 0.259 e. The van der Waals surface area contributed by atoms with E-state index in [0.29, 0.717) is 11.3 Å². The summed E-state index contributed by atoms with van der Waals surface area (Å²) in [5.41, 5.74) is 1.14. The Bertz CT molecular complexity index is 710. The molecule has 0 saturated heterocycles. The maximum absolute atomic E-state index is 12.4. The van der Waals surface area contributed by atoms with Crippen LogP contribution in [0.1, 0.15) is 15.9 Å². The molecule has 0 unspecified atom stereocenters. The average Bonchev–Trinajstić information content (AvgIpc) is 2.48. The van der Waals surface area contributed by atoms with Crippen LogP contribution in [-0.4, -0.2) is 17.9 Å². The van der Waals surface area contributed by atoms with Gasteiger partial charge in [-0.3, -0.25) is 4.79 Å². The molecule has 0 N–H and O–H groups in total. The van der Waals surface area contributed by atoms with Gasteiger partial charge in [0.1, 0.15) is 11.2 Å². The minimum Gasteiger partial charge on any atom is -0.310 e. The first-order valence-corrected chi connectivity index (χ1v) is 6.38. The monoisotopic (exact) mass is 305 g/mol. The van der Waals surface area contributed by atoms with Crippen molar-refractivity contribution in [3.05, 3.63) is 57.8 Å². The fraction of sp³-hybridized carbons (Fsp3) is 0.0714. The molecule has 1 aromatic carbocycles. The van der Waals surface area contributed by atoms with Crippen LogP contribution in [0.5, 0.6) is 0 Å². The number of hydrogen-bond acceptors (Lipinski definition) is 3. The Morgan fingerprint density at radius 3 is 2.75 bits per heavy atom. The van der Waals surface area contributed by atoms with E-state index in [-0.39, 0.29) is 21.6 Å². The molecule has 20 heavy (non-hydrogen) atoms. The van der Waals surface area contributed by atoms with Gasteiger partial charge in [0.15, 0.2) is 0 Å². The third-order valence-electron chi connectivity index (χ3n) is 2.74. The molecule has 6 heteroatoms. The van der Waals surface area contributed by atoms with Gasteiger partial charge in [0.2, 0.25) is 0 Å². The van der Waals surface area contributed by atoms with Crippen molar-refractivity contribution in [2.75, 3.05) is 11.9 Å². The van der Waals surface area contributed by atoms with E-state index >= 15 is 0 Å². The van der Waals surface area contributed by atoms with Gasteiger partial charge in [0.25, 0.3) is 5.91 Å². The highest BCUT2D eigenvalue weighted by molar-refractivity contribution is 6.35. The Labute approximate surface area is 126 Å².